The van der Waals surface area contributed by atoms with Crippen molar-refractivity contribution in [2.75, 3.05) is 9.80 Å². The maximum absolute atomic E-state index is 2.36. The minimum absolute atomic E-state index is 1.10. The van der Waals surface area contributed by atoms with Crippen LogP contribution in [-0.4, -0.2) is 0 Å². The molecule has 8 aromatic rings. The lowest BCUT2D eigenvalue weighted by molar-refractivity contribution is 1.27. The van der Waals surface area contributed by atoms with Gasteiger partial charge in [0.25, 0.3) is 0 Å². The normalized spacial score (nSPS) is 11.3. The molecule has 0 amide bonds. The van der Waals surface area contributed by atoms with Crippen LogP contribution in [0.25, 0.3) is 35.1 Å². The molecular weight excluding hydrogens is 629 g/mol. The van der Waals surface area contributed by atoms with Crippen molar-refractivity contribution in [1.82, 2.24) is 0 Å². The molecule has 0 bridgehead atoms. The van der Waals surface area contributed by atoms with Gasteiger partial charge in [0.1, 0.15) is 0 Å². The largest absolute Gasteiger partial charge is 0.310 e. The molecule has 2 heteroatoms. The Morgan fingerprint density at radius 3 is 0.846 bits per heavy atom. The third kappa shape index (κ3) is 7.19. The van der Waals surface area contributed by atoms with Gasteiger partial charge in [0.15, 0.2) is 0 Å². The molecule has 0 saturated carbocycles. The summed E-state index contributed by atoms with van der Waals surface area (Å²) in [6, 6.07) is 73.0. The van der Waals surface area contributed by atoms with Crippen LogP contribution in [0.5, 0.6) is 0 Å². The Kier molecular flexibility index (Phi) is 9.53. The van der Waals surface area contributed by atoms with Crippen LogP contribution in [0.2, 0.25) is 0 Å². The number of rotatable bonds is 10. The van der Waals surface area contributed by atoms with Crippen molar-refractivity contribution in [1.29, 1.82) is 0 Å². The van der Waals surface area contributed by atoms with Gasteiger partial charge < -0.3 is 9.80 Å². The zero-order valence-electron chi connectivity index (χ0n) is 28.8. The molecule has 0 aliphatic carbocycles. The molecule has 0 saturated heterocycles. The van der Waals surface area contributed by atoms with E-state index in [2.05, 4.69) is 228 Å². The van der Waals surface area contributed by atoms with E-state index in [9.17, 15) is 0 Å². The van der Waals surface area contributed by atoms with Gasteiger partial charge in [0.2, 0.25) is 0 Å². The topological polar surface area (TPSA) is 6.48 Å². The lowest BCUT2D eigenvalue weighted by Gasteiger charge is -2.30. The molecule has 248 valence electrons. The minimum Gasteiger partial charge on any atom is -0.310 e. The number of hydrogen-bond acceptors (Lipinski definition) is 2. The molecule has 0 unspecified atom stereocenters. The Labute approximate surface area is 306 Å². The number of benzene rings is 8. The summed E-state index contributed by atoms with van der Waals surface area (Å²) in [6.07, 6.45) is 8.65. The first-order chi connectivity index (χ1) is 25.8. The summed E-state index contributed by atoms with van der Waals surface area (Å²) >= 11 is 0. The zero-order chi connectivity index (χ0) is 35.0. The Bertz CT molecular complexity index is 2240. The molecule has 0 radical (unpaired) electrons. The third-order valence-electron chi connectivity index (χ3n) is 9.23. The van der Waals surface area contributed by atoms with Gasteiger partial charge in [-0.1, -0.05) is 170 Å². The highest BCUT2D eigenvalue weighted by Crippen LogP contribution is 2.45. The Morgan fingerprint density at radius 1 is 0.231 bits per heavy atom. The molecule has 0 aliphatic rings. The first-order valence-electron chi connectivity index (χ1n) is 17.7. The maximum Gasteiger partial charge on any atom is 0.0541 e. The van der Waals surface area contributed by atoms with Crippen molar-refractivity contribution in [2.45, 2.75) is 0 Å². The minimum atomic E-state index is 1.10. The summed E-state index contributed by atoms with van der Waals surface area (Å²) < 4.78 is 0. The zero-order valence-corrected chi connectivity index (χ0v) is 28.8. The lowest BCUT2D eigenvalue weighted by atomic mass is 10.0. The van der Waals surface area contributed by atoms with Crippen molar-refractivity contribution in [3.05, 3.63) is 229 Å². The van der Waals surface area contributed by atoms with Crippen molar-refractivity contribution in [3.8, 4) is 0 Å². The van der Waals surface area contributed by atoms with Crippen LogP contribution in [0.3, 0.4) is 0 Å². The average molecular weight is 667 g/mol. The molecule has 8 rings (SSSR count). The summed E-state index contributed by atoms with van der Waals surface area (Å²) in [4.78, 5) is 4.72. The molecule has 0 aromatic heterocycles. The van der Waals surface area contributed by atoms with E-state index in [0.29, 0.717) is 0 Å². The highest BCUT2D eigenvalue weighted by atomic mass is 15.2. The van der Waals surface area contributed by atoms with Crippen molar-refractivity contribution in [2.24, 2.45) is 0 Å². The van der Waals surface area contributed by atoms with Gasteiger partial charge in [-0.15, -0.1) is 0 Å². The Balaban J connectivity index is 1.20. The molecule has 0 heterocycles. The summed E-state index contributed by atoms with van der Waals surface area (Å²) in [5.74, 6) is 0. The van der Waals surface area contributed by atoms with Gasteiger partial charge in [-0.3, -0.25) is 0 Å². The van der Waals surface area contributed by atoms with E-state index in [0.717, 1.165) is 45.3 Å². The van der Waals surface area contributed by atoms with Crippen molar-refractivity contribution < 1.29 is 0 Å². The number of hydrogen-bond donors (Lipinski definition) is 0. The second-order valence-electron chi connectivity index (χ2n) is 12.7. The predicted octanol–water partition coefficient (Wildman–Crippen LogP) is 14.1. The van der Waals surface area contributed by atoms with Crippen LogP contribution in [0.15, 0.2) is 206 Å². The molecule has 0 spiro atoms. The fraction of sp³-hybridized carbons (Fsp3) is 0. The van der Waals surface area contributed by atoms with E-state index >= 15 is 0 Å². The van der Waals surface area contributed by atoms with Crippen molar-refractivity contribution >= 4 is 69.2 Å². The highest BCUT2D eigenvalue weighted by Gasteiger charge is 2.20. The molecule has 0 fully saturated rings. The predicted molar refractivity (Wildman–Crippen MR) is 224 cm³/mol. The second-order valence-corrected chi connectivity index (χ2v) is 12.7. The highest BCUT2D eigenvalue weighted by molar-refractivity contribution is 6.07. The van der Waals surface area contributed by atoms with E-state index in [-0.39, 0.29) is 0 Å². The molecular formula is C50H38N2. The van der Waals surface area contributed by atoms with Gasteiger partial charge in [-0.25, -0.2) is 0 Å². The number of para-hydroxylation sites is 2. The Morgan fingerprint density at radius 2 is 0.500 bits per heavy atom. The fourth-order valence-corrected chi connectivity index (χ4v) is 6.65. The SMILES string of the molecule is C(=Cc1ccc(N(c2ccccc2)c2ccc(N(c3ccccc3)c3ccc(/C=C\c4ccccc4)cc3)c3ccccc23)cc1)c1ccccc1. The number of anilines is 6. The summed E-state index contributed by atoms with van der Waals surface area (Å²) in [7, 11) is 0. The van der Waals surface area contributed by atoms with Crippen molar-refractivity contribution in [3.63, 3.8) is 0 Å². The van der Waals surface area contributed by atoms with E-state index in [4.69, 9.17) is 0 Å². The number of fused-ring (bicyclic) bond motifs is 1. The lowest BCUT2D eigenvalue weighted by Crippen LogP contribution is -2.13. The second kappa shape index (κ2) is 15.3. The van der Waals surface area contributed by atoms with Gasteiger partial charge in [-0.2, -0.15) is 0 Å². The van der Waals surface area contributed by atoms with E-state index in [1.165, 1.54) is 21.9 Å². The van der Waals surface area contributed by atoms with Crippen LogP contribution in [0.4, 0.5) is 34.1 Å². The molecule has 0 aliphatic heterocycles. The molecule has 52 heavy (non-hydrogen) atoms. The van der Waals surface area contributed by atoms with Crippen LogP contribution in [-0.2, 0) is 0 Å². The monoisotopic (exact) mass is 666 g/mol. The van der Waals surface area contributed by atoms with E-state index in [1.807, 2.05) is 12.1 Å². The molecule has 0 N–H and O–H groups in total. The Hall–Kier alpha value is -6.90. The standard InChI is InChI=1S/C50H38N2/c1-5-15-39(16-6-1)25-27-41-29-33-45(34-30-41)51(43-19-9-3-10-20-43)49-37-38-50(48-24-14-13-23-47(48)49)52(44-21-11-4-12-22-44)46-35-31-42(32-36-46)28-26-40-17-7-2-8-18-40/h1-38H/b27-25-,28-26?. The smallest absolute Gasteiger partial charge is 0.0541 e. The van der Waals surface area contributed by atoms with Gasteiger partial charge >= 0.3 is 0 Å². The van der Waals surface area contributed by atoms with Crippen LogP contribution in [0, 0.1) is 0 Å². The summed E-state index contributed by atoms with van der Waals surface area (Å²) in [6.45, 7) is 0. The summed E-state index contributed by atoms with van der Waals surface area (Å²) in [5.41, 5.74) is 11.3. The fourth-order valence-electron chi connectivity index (χ4n) is 6.65. The maximum atomic E-state index is 2.36. The van der Waals surface area contributed by atoms with Gasteiger partial charge in [0, 0.05) is 33.5 Å². The first kappa shape index (κ1) is 32.3. The molecule has 0 atom stereocenters. The van der Waals surface area contributed by atoms with Crippen LogP contribution < -0.4 is 9.80 Å². The molecule has 8 aromatic carbocycles. The van der Waals surface area contributed by atoms with Gasteiger partial charge in [-0.05, 0) is 82.9 Å². The first-order valence-corrected chi connectivity index (χ1v) is 17.7. The number of nitrogens with zero attached hydrogens (tertiary/aromatic N) is 2. The molecule has 2 nitrogen and oxygen atoms in total. The average Bonchev–Trinajstić information content (AvgIpc) is 3.22. The quantitative estimate of drug-likeness (QED) is 0.134. The van der Waals surface area contributed by atoms with Crippen LogP contribution in [0.1, 0.15) is 22.3 Å². The van der Waals surface area contributed by atoms with E-state index < -0.39 is 0 Å². The van der Waals surface area contributed by atoms with Crippen LogP contribution >= 0.6 is 0 Å². The third-order valence-corrected chi connectivity index (χ3v) is 9.23. The van der Waals surface area contributed by atoms with Gasteiger partial charge in [0.05, 0.1) is 11.4 Å². The summed E-state index contributed by atoms with van der Waals surface area (Å²) in [5, 5.41) is 2.33. The van der Waals surface area contributed by atoms with E-state index in [1.54, 1.807) is 0 Å².